The standard InChI is InChI=1S/C15H17BrN2O2.ClH/c1-19-14-6-5-12(10-13(14)16)11-17-8-9-20-15-4-2-3-7-18-15;/h2-7,10,17H,8-9,11H2,1H3;1H. The number of methoxy groups -OCH3 is 1. The molecule has 1 heterocycles. The van der Waals surface area contributed by atoms with Gasteiger partial charge in [0.1, 0.15) is 12.4 Å². The highest BCUT2D eigenvalue weighted by molar-refractivity contribution is 9.10. The van der Waals surface area contributed by atoms with E-state index in [1.165, 1.54) is 5.56 Å². The third-order valence-electron chi connectivity index (χ3n) is 2.71. The first-order chi connectivity index (χ1) is 9.79. The maximum atomic E-state index is 5.50. The van der Waals surface area contributed by atoms with Crippen molar-refractivity contribution in [3.05, 3.63) is 52.6 Å². The molecule has 0 saturated carbocycles. The lowest BCUT2D eigenvalue weighted by molar-refractivity contribution is 0.302. The van der Waals surface area contributed by atoms with Crippen molar-refractivity contribution in [1.82, 2.24) is 10.3 Å². The Bertz CT molecular complexity index is 540. The predicted molar refractivity (Wildman–Crippen MR) is 89.4 cm³/mol. The number of aromatic nitrogens is 1. The molecular formula is C15H18BrClN2O2. The molecule has 0 unspecified atom stereocenters. The number of nitrogens with one attached hydrogen (secondary N) is 1. The van der Waals surface area contributed by atoms with Gasteiger partial charge in [0.25, 0.3) is 0 Å². The van der Waals surface area contributed by atoms with Crippen LogP contribution in [0.5, 0.6) is 11.6 Å². The molecule has 2 rings (SSSR count). The Hall–Kier alpha value is -1.30. The molecule has 114 valence electrons. The Morgan fingerprint density at radius 1 is 1.24 bits per heavy atom. The van der Waals surface area contributed by atoms with Crippen LogP contribution in [0.3, 0.4) is 0 Å². The van der Waals surface area contributed by atoms with Gasteiger partial charge in [0.2, 0.25) is 5.88 Å². The molecule has 1 aromatic heterocycles. The van der Waals surface area contributed by atoms with Crippen molar-refractivity contribution in [3.63, 3.8) is 0 Å². The summed E-state index contributed by atoms with van der Waals surface area (Å²) in [5.74, 6) is 1.49. The van der Waals surface area contributed by atoms with Crippen molar-refractivity contribution < 1.29 is 9.47 Å². The molecule has 0 aliphatic carbocycles. The third kappa shape index (κ3) is 5.91. The SMILES string of the molecule is COc1ccc(CNCCOc2ccccn2)cc1Br.Cl. The number of hydrogen-bond acceptors (Lipinski definition) is 4. The third-order valence-corrected chi connectivity index (χ3v) is 3.33. The van der Waals surface area contributed by atoms with Crippen LogP contribution >= 0.6 is 28.3 Å². The lowest BCUT2D eigenvalue weighted by Crippen LogP contribution is -2.20. The smallest absolute Gasteiger partial charge is 0.213 e. The van der Waals surface area contributed by atoms with Gasteiger partial charge >= 0.3 is 0 Å². The Morgan fingerprint density at radius 3 is 2.76 bits per heavy atom. The topological polar surface area (TPSA) is 43.4 Å². The quantitative estimate of drug-likeness (QED) is 0.755. The van der Waals surface area contributed by atoms with E-state index in [1.54, 1.807) is 13.3 Å². The van der Waals surface area contributed by atoms with Gasteiger partial charge < -0.3 is 14.8 Å². The first kappa shape index (κ1) is 17.8. The second-order valence-corrected chi connectivity index (χ2v) is 5.02. The fourth-order valence-corrected chi connectivity index (χ4v) is 2.30. The summed E-state index contributed by atoms with van der Waals surface area (Å²) in [6.07, 6.45) is 1.72. The van der Waals surface area contributed by atoms with E-state index in [1.807, 2.05) is 36.4 Å². The average Bonchev–Trinajstić information content (AvgIpc) is 2.48. The fourth-order valence-electron chi connectivity index (χ4n) is 1.71. The Kier molecular flexibility index (Phi) is 8.12. The zero-order chi connectivity index (χ0) is 14.2. The number of nitrogens with zero attached hydrogens (tertiary/aromatic N) is 1. The molecular weight excluding hydrogens is 356 g/mol. The molecule has 2 aromatic rings. The van der Waals surface area contributed by atoms with Crippen LogP contribution in [-0.4, -0.2) is 25.2 Å². The van der Waals surface area contributed by atoms with Crippen LogP contribution in [0.4, 0.5) is 0 Å². The summed E-state index contributed by atoms with van der Waals surface area (Å²) < 4.78 is 11.7. The molecule has 0 amide bonds. The summed E-state index contributed by atoms with van der Waals surface area (Å²) in [5.41, 5.74) is 1.19. The number of halogens is 2. The molecule has 0 radical (unpaired) electrons. The summed E-state index contributed by atoms with van der Waals surface area (Å²) >= 11 is 3.47. The highest BCUT2D eigenvalue weighted by atomic mass is 79.9. The Morgan fingerprint density at radius 2 is 2.10 bits per heavy atom. The molecule has 0 spiro atoms. The monoisotopic (exact) mass is 372 g/mol. The van der Waals surface area contributed by atoms with Gasteiger partial charge in [0.05, 0.1) is 11.6 Å². The summed E-state index contributed by atoms with van der Waals surface area (Å²) in [5, 5.41) is 3.32. The normalized spacial score (nSPS) is 9.81. The van der Waals surface area contributed by atoms with Gasteiger partial charge in [-0.1, -0.05) is 12.1 Å². The van der Waals surface area contributed by atoms with Crippen LogP contribution in [-0.2, 0) is 6.54 Å². The molecule has 0 aliphatic rings. The number of rotatable bonds is 7. The van der Waals surface area contributed by atoms with Crippen molar-refractivity contribution in [1.29, 1.82) is 0 Å². The van der Waals surface area contributed by atoms with E-state index >= 15 is 0 Å². The van der Waals surface area contributed by atoms with E-state index in [0.717, 1.165) is 23.3 Å². The van der Waals surface area contributed by atoms with Crippen molar-refractivity contribution in [2.75, 3.05) is 20.3 Å². The summed E-state index contributed by atoms with van der Waals surface area (Å²) in [6, 6.07) is 11.7. The minimum absolute atomic E-state index is 0. The van der Waals surface area contributed by atoms with Gasteiger partial charge in [-0.05, 0) is 39.7 Å². The molecule has 0 atom stereocenters. The average molecular weight is 374 g/mol. The number of benzene rings is 1. The molecule has 0 fully saturated rings. The van der Waals surface area contributed by atoms with Gasteiger partial charge in [-0.25, -0.2) is 4.98 Å². The van der Waals surface area contributed by atoms with E-state index in [2.05, 4.69) is 26.2 Å². The fraction of sp³-hybridized carbons (Fsp3) is 0.267. The maximum Gasteiger partial charge on any atom is 0.213 e. The Labute approximate surface area is 139 Å². The second kappa shape index (κ2) is 9.60. The van der Waals surface area contributed by atoms with Gasteiger partial charge in [-0.15, -0.1) is 12.4 Å². The lowest BCUT2D eigenvalue weighted by atomic mass is 10.2. The molecule has 21 heavy (non-hydrogen) atoms. The summed E-state index contributed by atoms with van der Waals surface area (Å²) in [4.78, 5) is 4.10. The zero-order valence-electron chi connectivity index (χ0n) is 11.7. The van der Waals surface area contributed by atoms with E-state index < -0.39 is 0 Å². The molecule has 1 N–H and O–H groups in total. The van der Waals surface area contributed by atoms with Crippen LogP contribution in [0.1, 0.15) is 5.56 Å². The maximum absolute atomic E-state index is 5.50. The second-order valence-electron chi connectivity index (χ2n) is 4.16. The molecule has 0 saturated heterocycles. The summed E-state index contributed by atoms with van der Waals surface area (Å²) in [6.45, 7) is 2.14. The number of pyridine rings is 1. The van der Waals surface area contributed by atoms with E-state index in [4.69, 9.17) is 9.47 Å². The number of ether oxygens (including phenoxy) is 2. The van der Waals surface area contributed by atoms with Crippen LogP contribution in [0.25, 0.3) is 0 Å². The first-order valence-electron chi connectivity index (χ1n) is 6.36. The van der Waals surface area contributed by atoms with E-state index in [-0.39, 0.29) is 12.4 Å². The van der Waals surface area contributed by atoms with Crippen molar-refractivity contribution >= 4 is 28.3 Å². The lowest BCUT2D eigenvalue weighted by Gasteiger charge is -2.08. The van der Waals surface area contributed by atoms with Crippen molar-refractivity contribution in [2.45, 2.75) is 6.54 Å². The zero-order valence-corrected chi connectivity index (χ0v) is 14.1. The van der Waals surface area contributed by atoms with Gasteiger partial charge in [-0.2, -0.15) is 0 Å². The highest BCUT2D eigenvalue weighted by Gasteiger charge is 2.01. The van der Waals surface area contributed by atoms with Crippen LogP contribution < -0.4 is 14.8 Å². The van der Waals surface area contributed by atoms with E-state index in [9.17, 15) is 0 Å². The minimum Gasteiger partial charge on any atom is -0.496 e. The molecule has 0 bridgehead atoms. The van der Waals surface area contributed by atoms with E-state index in [0.29, 0.717) is 12.5 Å². The highest BCUT2D eigenvalue weighted by Crippen LogP contribution is 2.25. The number of hydrogen-bond donors (Lipinski definition) is 1. The molecule has 6 heteroatoms. The van der Waals surface area contributed by atoms with Crippen LogP contribution in [0.15, 0.2) is 47.1 Å². The van der Waals surface area contributed by atoms with Crippen molar-refractivity contribution in [2.24, 2.45) is 0 Å². The largest absolute Gasteiger partial charge is 0.496 e. The first-order valence-corrected chi connectivity index (χ1v) is 7.16. The van der Waals surface area contributed by atoms with Crippen LogP contribution in [0.2, 0.25) is 0 Å². The van der Waals surface area contributed by atoms with Crippen LogP contribution in [0, 0.1) is 0 Å². The molecule has 4 nitrogen and oxygen atoms in total. The van der Waals surface area contributed by atoms with Gasteiger partial charge in [-0.3, -0.25) is 0 Å². The van der Waals surface area contributed by atoms with Gasteiger partial charge in [0, 0.05) is 25.4 Å². The predicted octanol–water partition coefficient (Wildman–Crippen LogP) is 3.44. The summed E-state index contributed by atoms with van der Waals surface area (Å²) in [7, 11) is 1.66. The molecule has 0 aliphatic heterocycles. The minimum atomic E-state index is 0. The Balaban J connectivity index is 0.00000220. The molecule has 1 aromatic carbocycles. The van der Waals surface area contributed by atoms with Gasteiger partial charge in [0.15, 0.2) is 0 Å². The van der Waals surface area contributed by atoms with Crippen molar-refractivity contribution in [3.8, 4) is 11.6 Å².